The number of alkyl halides is 3. The first-order chi connectivity index (χ1) is 15.4. The lowest BCUT2D eigenvalue weighted by Gasteiger charge is -2.15. The zero-order valence-corrected chi connectivity index (χ0v) is 18.5. The van der Waals surface area contributed by atoms with Crippen molar-refractivity contribution in [2.24, 2.45) is 0 Å². The third kappa shape index (κ3) is 4.23. The summed E-state index contributed by atoms with van der Waals surface area (Å²) in [6.07, 6.45) is -4.71. The van der Waals surface area contributed by atoms with Crippen molar-refractivity contribution in [3.8, 4) is 0 Å². The molecule has 33 heavy (non-hydrogen) atoms. The Bertz CT molecular complexity index is 1510. The number of hydrogen-bond donors (Lipinski definition) is 1. The van der Waals surface area contributed by atoms with E-state index in [9.17, 15) is 26.4 Å². The number of benzene rings is 2. The quantitative estimate of drug-likeness (QED) is 0.466. The second kappa shape index (κ2) is 7.77. The molecule has 7 nitrogen and oxygen atoms in total. The van der Waals surface area contributed by atoms with Crippen LogP contribution < -0.4 is 9.62 Å². The van der Waals surface area contributed by atoms with Crippen LogP contribution >= 0.6 is 0 Å². The molecule has 0 bridgehead atoms. The summed E-state index contributed by atoms with van der Waals surface area (Å²) >= 11 is 0. The molecule has 1 N–H and O–H groups in total. The normalized spacial score (nSPS) is 12.3. The van der Waals surface area contributed by atoms with Crippen molar-refractivity contribution < 1.29 is 30.8 Å². The van der Waals surface area contributed by atoms with E-state index >= 15 is 0 Å². The van der Waals surface area contributed by atoms with Crippen LogP contribution in [0, 0.1) is 6.92 Å². The van der Waals surface area contributed by atoms with Gasteiger partial charge in [-0.25, -0.2) is 13.1 Å². The van der Waals surface area contributed by atoms with Crippen molar-refractivity contribution in [2.45, 2.75) is 18.0 Å². The van der Waals surface area contributed by atoms with E-state index in [2.05, 4.69) is 4.98 Å². The molecule has 0 unspecified atom stereocenters. The molecule has 1 amide bonds. The Morgan fingerprint density at radius 3 is 2.48 bits per heavy atom. The van der Waals surface area contributed by atoms with Crippen LogP contribution in [0.15, 0.2) is 57.8 Å². The highest BCUT2D eigenvalue weighted by atomic mass is 32.2. The number of pyridine rings is 1. The molecule has 0 aliphatic heterocycles. The molecule has 0 aliphatic carbocycles. The number of hydrogen-bond acceptors (Lipinski definition) is 6. The lowest BCUT2D eigenvalue weighted by atomic mass is 10.1. The number of anilines is 1. The summed E-state index contributed by atoms with van der Waals surface area (Å²) in [4.78, 5) is 18.1. The average Bonchev–Trinajstić information content (AvgIpc) is 3.15. The zero-order valence-electron chi connectivity index (χ0n) is 17.7. The summed E-state index contributed by atoms with van der Waals surface area (Å²) in [5.74, 6) is -1.77. The van der Waals surface area contributed by atoms with Gasteiger partial charge in [0.15, 0.2) is 5.76 Å². The minimum absolute atomic E-state index is 0.164. The van der Waals surface area contributed by atoms with Gasteiger partial charge in [0, 0.05) is 42.3 Å². The Labute approximate surface area is 186 Å². The largest absolute Gasteiger partial charge is 0.451 e. The van der Waals surface area contributed by atoms with Crippen molar-refractivity contribution >= 4 is 43.5 Å². The van der Waals surface area contributed by atoms with E-state index in [-0.39, 0.29) is 27.1 Å². The summed E-state index contributed by atoms with van der Waals surface area (Å²) in [5.41, 5.74) is -0.245. The van der Waals surface area contributed by atoms with Gasteiger partial charge in [0.25, 0.3) is 10.0 Å². The molecule has 4 rings (SSSR count). The molecule has 172 valence electrons. The second-order valence-corrected chi connectivity index (χ2v) is 9.27. The molecular formula is C22H18F3N3O4S. The van der Waals surface area contributed by atoms with Crippen LogP contribution in [0.4, 0.5) is 18.9 Å². The number of fused-ring (bicyclic) bond motifs is 2. The maximum atomic E-state index is 13.6. The Hall–Kier alpha value is -3.60. The molecule has 2 heterocycles. The van der Waals surface area contributed by atoms with Crippen molar-refractivity contribution in [3.05, 3.63) is 65.5 Å². The molecule has 0 aliphatic rings. The lowest BCUT2D eigenvalue weighted by molar-refractivity contribution is -0.136. The number of para-hydroxylation sites is 1. The Morgan fingerprint density at radius 1 is 1.09 bits per heavy atom. The standard InChI is InChI=1S/C22H18F3N3O4S/c1-12-7-8-13-5-4-6-19(20(13)26-12)33(30,31)27-21(29)18-11-15-16(22(23,24)25)9-14(28(2)3)10-17(15)32-18/h4-11H,1-3H3,(H,27,29). The molecule has 0 fully saturated rings. The molecule has 0 atom stereocenters. The van der Waals surface area contributed by atoms with Crippen LogP contribution in [0.2, 0.25) is 0 Å². The minimum Gasteiger partial charge on any atom is -0.451 e. The minimum atomic E-state index is -4.71. The first-order valence-corrected chi connectivity index (χ1v) is 11.1. The van der Waals surface area contributed by atoms with E-state index in [1.54, 1.807) is 39.2 Å². The fraction of sp³-hybridized carbons (Fsp3) is 0.182. The highest BCUT2D eigenvalue weighted by Gasteiger charge is 2.35. The van der Waals surface area contributed by atoms with Crippen LogP contribution in [0.5, 0.6) is 0 Å². The maximum Gasteiger partial charge on any atom is 0.417 e. The van der Waals surface area contributed by atoms with Crippen LogP contribution in [0.3, 0.4) is 0 Å². The number of amides is 1. The number of furan rings is 1. The number of sulfonamides is 1. The number of halogens is 3. The van der Waals surface area contributed by atoms with Gasteiger partial charge in [-0.1, -0.05) is 18.2 Å². The van der Waals surface area contributed by atoms with E-state index in [1.165, 1.54) is 23.1 Å². The molecule has 0 saturated heterocycles. The fourth-order valence-corrected chi connectivity index (χ4v) is 4.52. The number of carbonyl (C=O) groups excluding carboxylic acids is 1. The van der Waals surface area contributed by atoms with Crippen molar-refractivity contribution in [1.29, 1.82) is 0 Å². The monoisotopic (exact) mass is 477 g/mol. The fourth-order valence-electron chi connectivity index (χ4n) is 3.39. The van der Waals surface area contributed by atoms with Gasteiger partial charge in [-0.15, -0.1) is 0 Å². The Morgan fingerprint density at radius 2 is 1.82 bits per heavy atom. The second-order valence-electron chi connectivity index (χ2n) is 7.62. The van der Waals surface area contributed by atoms with Gasteiger partial charge in [0.1, 0.15) is 10.5 Å². The molecule has 0 radical (unpaired) electrons. The number of rotatable bonds is 4. The number of carbonyl (C=O) groups is 1. The third-order valence-corrected chi connectivity index (χ3v) is 6.37. The SMILES string of the molecule is Cc1ccc2cccc(S(=O)(=O)NC(=O)c3cc4c(C(F)(F)F)cc(N(C)C)cc4o3)c2n1. The summed E-state index contributed by atoms with van der Waals surface area (Å²) in [7, 11) is -1.28. The van der Waals surface area contributed by atoms with Crippen LogP contribution in [-0.2, 0) is 16.2 Å². The van der Waals surface area contributed by atoms with Gasteiger partial charge in [0.05, 0.1) is 11.1 Å². The van der Waals surface area contributed by atoms with Crippen molar-refractivity contribution in [1.82, 2.24) is 9.71 Å². The smallest absolute Gasteiger partial charge is 0.417 e. The van der Waals surface area contributed by atoms with Gasteiger partial charge in [0.2, 0.25) is 0 Å². The number of aromatic nitrogens is 1. The van der Waals surface area contributed by atoms with Crippen LogP contribution in [0.25, 0.3) is 21.9 Å². The highest BCUT2D eigenvalue weighted by Crippen LogP contribution is 2.39. The molecule has 11 heteroatoms. The predicted octanol–water partition coefficient (Wildman–Crippen LogP) is 4.49. The van der Waals surface area contributed by atoms with Crippen LogP contribution in [-0.4, -0.2) is 33.4 Å². The first-order valence-electron chi connectivity index (χ1n) is 9.62. The van der Waals surface area contributed by atoms with Gasteiger partial charge in [-0.05, 0) is 31.2 Å². The van der Waals surface area contributed by atoms with Gasteiger partial charge in [-0.3, -0.25) is 9.78 Å². The summed E-state index contributed by atoms with van der Waals surface area (Å²) in [5, 5.41) is 0.198. The average molecular weight is 477 g/mol. The zero-order chi connectivity index (χ0) is 24.1. The molecular weight excluding hydrogens is 459 g/mol. The van der Waals surface area contributed by atoms with Crippen molar-refractivity contribution in [3.63, 3.8) is 0 Å². The van der Waals surface area contributed by atoms with E-state index in [0.29, 0.717) is 11.1 Å². The molecule has 2 aromatic heterocycles. The topological polar surface area (TPSA) is 92.5 Å². The predicted molar refractivity (Wildman–Crippen MR) is 117 cm³/mol. The number of nitrogens with one attached hydrogen (secondary N) is 1. The number of aryl methyl sites for hydroxylation is 1. The summed E-state index contributed by atoms with van der Waals surface area (Å²) in [6.45, 7) is 1.69. The summed E-state index contributed by atoms with van der Waals surface area (Å²) < 4.78 is 73.8. The molecule has 4 aromatic rings. The molecule has 2 aromatic carbocycles. The van der Waals surface area contributed by atoms with E-state index in [4.69, 9.17) is 4.42 Å². The van der Waals surface area contributed by atoms with E-state index < -0.39 is 33.4 Å². The summed E-state index contributed by atoms with van der Waals surface area (Å²) in [6, 6.07) is 11.0. The van der Waals surface area contributed by atoms with Gasteiger partial charge >= 0.3 is 12.1 Å². The number of nitrogens with zero attached hydrogens (tertiary/aromatic N) is 2. The lowest BCUT2D eigenvalue weighted by Crippen LogP contribution is -2.30. The highest BCUT2D eigenvalue weighted by molar-refractivity contribution is 7.90. The molecule has 0 spiro atoms. The van der Waals surface area contributed by atoms with Crippen molar-refractivity contribution in [2.75, 3.05) is 19.0 Å². The van der Waals surface area contributed by atoms with Gasteiger partial charge in [-0.2, -0.15) is 13.2 Å². The molecule has 0 saturated carbocycles. The first kappa shape index (κ1) is 22.6. The van der Waals surface area contributed by atoms with E-state index in [0.717, 1.165) is 12.1 Å². The maximum absolute atomic E-state index is 13.6. The van der Waals surface area contributed by atoms with Gasteiger partial charge < -0.3 is 9.32 Å². The van der Waals surface area contributed by atoms with Crippen LogP contribution in [0.1, 0.15) is 21.8 Å². The Kier molecular flexibility index (Phi) is 5.32. The third-order valence-electron chi connectivity index (χ3n) is 5.01. The Balaban J connectivity index is 1.76. The van der Waals surface area contributed by atoms with E-state index in [1.807, 2.05) is 4.72 Å².